The van der Waals surface area contributed by atoms with Gasteiger partial charge in [-0.2, -0.15) is 5.10 Å². The number of anilines is 1. The Kier molecular flexibility index (Phi) is 3.83. The van der Waals surface area contributed by atoms with Gasteiger partial charge in [0.05, 0.1) is 25.0 Å². The Hall–Kier alpha value is -1.03. The highest BCUT2D eigenvalue weighted by atomic mass is 16.3. The molecule has 90 valence electrons. The highest BCUT2D eigenvalue weighted by Crippen LogP contribution is 2.25. The molecule has 0 unspecified atom stereocenters. The van der Waals surface area contributed by atoms with E-state index >= 15 is 0 Å². The third-order valence-corrected chi connectivity index (χ3v) is 3.35. The molecule has 0 aromatic carbocycles. The zero-order valence-electron chi connectivity index (χ0n) is 9.89. The van der Waals surface area contributed by atoms with E-state index in [1.807, 2.05) is 12.4 Å². The van der Waals surface area contributed by atoms with Crippen molar-refractivity contribution in [2.45, 2.75) is 45.2 Å². The van der Waals surface area contributed by atoms with Crippen LogP contribution in [0.15, 0.2) is 12.4 Å². The van der Waals surface area contributed by atoms with Gasteiger partial charge in [0.25, 0.3) is 0 Å². The number of nitrogens with zero attached hydrogens (tertiary/aromatic N) is 2. The Bertz CT molecular complexity index is 316. The summed E-state index contributed by atoms with van der Waals surface area (Å²) >= 11 is 0. The SMILES string of the molecule is CC1CCC(Nc2cnn(CCO)c2)CC1. The molecule has 0 saturated heterocycles. The Morgan fingerprint density at radius 1 is 1.44 bits per heavy atom. The third kappa shape index (κ3) is 2.98. The first-order valence-corrected chi connectivity index (χ1v) is 6.18. The van der Waals surface area contributed by atoms with Crippen LogP contribution in [0.5, 0.6) is 0 Å². The van der Waals surface area contributed by atoms with E-state index in [1.54, 1.807) is 4.68 Å². The van der Waals surface area contributed by atoms with Gasteiger partial charge >= 0.3 is 0 Å². The number of rotatable bonds is 4. The van der Waals surface area contributed by atoms with Crippen LogP contribution in [-0.2, 0) is 6.54 Å². The average molecular weight is 223 g/mol. The Morgan fingerprint density at radius 3 is 2.88 bits per heavy atom. The molecule has 0 amide bonds. The van der Waals surface area contributed by atoms with E-state index in [-0.39, 0.29) is 6.61 Å². The molecular formula is C12H21N3O. The van der Waals surface area contributed by atoms with Crippen LogP contribution in [-0.4, -0.2) is 27.5 Å². The Balaban J connectivity index is 1.83. The van der Waals surface area contributed by atoms with Crippen molar-refractivity contribution in [2.75, 3.05) is 11.9 Å². The van der Waals surface area contributed by atoms with Crippen molar-refractivity contribution in [3.63, 3.8) is 0 Å². The minimum atomic E-state index is 0.141. The minimum Gasteiger partial charge on any atom is -0.394 e. The molecule has 2 N–H and O–H groups in total. The smallest absolute Gasteiger partial charge is 0.0728 e. The van der Waals surface area contributed by atoms with Gasteiger partial charge in [0.1, 0.15) is 0 Å². The summed E-state index contributed by atoms with van der Waals surface area (Å²) in [5.41, 5.74) is 1.08. The lowest BCUT2D eigenvalue weighted by atomic mass is 9.87. The van der Waals surface area contributed by atoms with E-state index in [1.165, 1.54) is 25.7 Å². The highest BCUT2D eigenvalue weighted by molar-refractivity contribution is 5.39. The standard InChI is InChI=1S/C12H21N3O/c1-10-2-4-11(5-3-10)14-12-8-13-15(9-12)6-7-16/h8-11,14,16H,2-7H2,1H3. The molecule has 1 saturated carbocycles. The normalized spacial score (nSPS) is 25.6. The van der Waals surface area contributed by atoms with E-state index < -0.39 is 0 Å². The largest absolute Gasteiger partial charge is 0.394 e. The predicted octanol–water partition coefficient (Wildman–Crippen LogP) is 1.87. The van der Waals surface area contributed by atoms with Crippen LogP contribution in [0.2, 0.25) is 0 Å². The van der Waals surface area contributed by atoms with Crippen LogP contribution < -0.4 is 5.32 Å². The molecular weight excluding hydrogens is 202 g/mol. The van der Waals surface area contributed by atoms with Gasteiger partial charge in [0.2, 0.25) is 0 Å². The maximum absolute atomic E-state index is 8.80. The van der Waals surface area contributed by atoms with Crippen molar-refractivity contribution in [2.24, 2.45) is 5.92 Å². The number of hydrogen-bond acceptors (Lipinski definition) is 3. The van der Waals surface area contributed by atoms with Gasteiger partial charge in [0, 0.05) is 12.2 Å². The summed E-state index contributed by atoms with van der Waals surface area (Å²) in [6.07, 6.45) is 8.96. The minimum absolute atomic E-state index is 0.141. The van der Waals surface area contributed by atoms with Gasteiger partial charge < -0.3 is 10.4 Å². The van der Waals surface area contributed by atoms with E-state index in [4.69, 9.17) is 5.11 Å². The van der Waals surface area contributed by atoms with Crippen molar-refractivity contribution in [1.82, 2.24) is 9.78 Å². The van der Waals surface area contributed by atoms with E-state index in [0.717, 1.165) is 11.6 Å². The second kappa shape index (κ2) is 5.34. The molecule has 0 spiro atoms. The summed E-state index contributed by atoms with van der Waals surface area (Å²) in [6, 6.07) is 0.600. The molecule has 16 heavy (non-hydrogen) atoms. The van der Waals surface area contributed by atoms with Crippen LogP contribution in [0.4, 0.5) is 5.69 Å². The fourth-order valence-electron chi connectivity index (χ4n) is 2.30. The summed E-state index contributed by atoms with van der Waals surface area (Å²) in [5, 5.41) is 16.5. The first kappa shape index (κ1) is 11.5. The molecule has 1 aliphatic rings. The molecule has 1 fully saturated rings. The maximum Gasteiger partial charge on any atom is 0.0728 e. The molecule has 1 aliphatic carbocycles. The first-order valence-electron chi connectivity index (χ1n) is 6.18. The molecule has 4 heteroatoms. The van der Waals surface area contributed by atoms with Crippen LogP contribution in [0.3, 0.4) is 0 Å². The first-order chi connectivity index (χ1) is 7.78. The van der Waals surface area contributed by atoms with E-state index in [2.05, 4.69) is 17.3 Å². The van der Waals surface area contributed by atoms with Crippen LogP contribution in [0, 0.1) is 5.92 Å². The number of hydrogen-bond donors (Lipinski definition) is 2. The fraction of sp³-hybridized carbons (Fsp3) is 0.750. The lowest BCUT2D eigenvalue weighted by molar-refractivity contribution is 0.269. The number of aliphatic hydroxyl groups is 1. The van der Waals surface area contributed by atoms with Crippen LogP contribution >= 0.6 is 0 Å². The number of aromatic nitrogens is 2. The number of aliphatic hydroxyl groups excluding tert-OH is 1. The van der Waals surface area contributed by atoms with Crippen molar-refractivity contribution in [1.29, 1.82) is 0 Å². The van der Waals surface area contributed by atoms with Crippen LogP contribution in [0.1, 0.15) is 32.6 Å². The van der Waals surface area contributed by atoms with E-state index in [9.17, 15) is 0 Å². The lowest BCUT2D eigenvalue weighted by Crippen LogP contribution is -2.24. The molecule has 0 aliphatic heterocycles. The Labute approximate surface area is 96.7 Å². The predicted molar refractivity (Wildman–Crippen MR) is 64.4 cm³/mol. The van der Waals surface area contributed by atoms with Gasteiger partial charge in [-0.25, -0.2) is 0 Å². The molecule has 0 radical (unpaired) electrons. The van der Waals surface area contributed by atoms with Crippen molar-refractivity contribution < 1.29 is 5.11 Å². The van der Waals surface area contributed by atoms with Crippen molar-refractivity contribution >= 4 is 5.69 Å². The van der Waals surface area contributed by atoms with Crippen molar-refractivity contribution in [3.05, 3.63) is 12.4 Å². The molecule has 1 aromatic rings. The molecule has 0 bridgehead atoms. The van der Waals surface area contributed by atoms with Gasteiger partial charge in [-0.05, 0) is 31.6 Å². The third-order valence-electron chi connectivity index (χ3n) is 3.35. The lowest BCUT2D eigenvalue weighted by Gasteiger charge is -2.27. The van der Waals surface area contributed by atoms with Gasteiger partial charge in [-0.1, -0.05) is 6.92 Å². The topological polar surface area (TPSA) is 50.1 Å². The van der Waals surface area contributed by atoms with Gasteiger partial charge in [0.15, 0.2) is 0 Å². The molecule has 1 aromatic heterocycles. The number of nitrogens with one attached hydrogen (secondary N) is 1. The Morgan fingerprint density at radius 2 is 2.19 bits per heavy atom. The zero-order valence-corrected chi connectivity index (χ0v) is 9.89. The summed E-state index contributed by atoms with van der Waals surface area (Å²) in [5.74, 6) is 0.884. The summed E-state index contributed by atoms with van der Waals surface area (Å²) in [6.45, 7) is 3.04. The quantitative estimate of drug-likeness (QED) is 0.819. The molecule has 2 rings (SSSR count). The summed E-state index contributed by atoms with van der Waals surface area (Å²) in [4.78, 5) is 0. The second-order valence-electron chi connectivity index (χ2n) is 4.82. The molecule has 0 atom stereocenters. The van der Waals surface area contributed by atoms with Crippen LogP contribution in [0.25, 0.3) is 0 Å². The fourth-order valence-corrected chi connectivity index (χ4v) is 2.30. The average Bonchev–Trinajstić information content (AvgIpc) is 2.70. The van der Waals surface area contributed by atoms with Gasteiger partial charge in [-0.15, -0.1) is 0 Å². The molecule has 1 heterocycles. The highest BCUT2D eigenvalue weighted by Gasteiger charge is 2.18. The second-order valence-corrected chi connectivity index (χ2v) is 4.82. The van der Waals surface area contributed by atoms with E-state index in [0.29, 0.717) is 12.6 Å². The van der Waals surface area contributed by atoms with Crippen molar-refractivity contribution in [3.8, 4) is 0 Å². The maximum atomic E-state index is 8.80. The summed E-state index contributed by atoms with van der Waals surface area (Å²) < 4.78 is 1.77. The zero-order chi connectivity index (χ0) is 11.4. The summed E-state index contributed by atoms with van der Waals surface area (Å²) in [7, 11) is 0. The van der Waals surface area contributed by atoms with Gasteiger partial charge in [-0.3, -0.25) is 4.68 Å². The monoisotopic (exact) mass is 223 g/mol. The molecule has 4 nitrogen and oxygen atoms in total.